The summed E-state index contributed by atoms with van der Waals surface area (Å²) in [6.07, 6.45) is 3.78. The van der Waals surface area contributed by atoms with Gasteiger partial charge in [-0.1, -0.05) is 17.7 Å². The van der Waals surface area contributed by atoms with Crippen molar-refractivity contribution < 1.29 is 4.74 Å². The molecule has 22 heavy (non-hydrogen) atoms. The molecule has 114 valence electrons. The zero-order chi connectivity index (χ0) is 15.7. The minimum Gasteiger partial charge on any atom is -0.367 e. The molecule has 0 amide bonds. The number of para-hydroxylation sites is 1. The molecule has 5 nitrogen and oxygen atoms in total. The number of halogens is 1. The van der Waals surface area contributed by atoms with E-state index in [9.17, 15) is 5.26 Å². The van der Waals surface area contributed by atoms with Gasteiger partial charge in [0.2, 0.25) is 0 Å². The predicted octanol–water partition coefficient (Wildman–Crippen LogP) is 2.70. The van der Waals surface area contributed by atoms with E-state index in [0.29, 0.717) is 30.3 Å². The van der Waals surface area contributed by atoms with Crippen LogP contribution in [-0.4, -0.2) is 29.5 Å². The zero-order valence-corrected chi connectivity index (χ0v) is 13.3. The summed E-state index contributed by atoms with van der Waals surface area (Å²) in [7, 11) is 1.88. The van der Waals surface area contributed by atoms with Gasteiger partial charge in [-0.25, -0.2) is 0 Å². The molecule has 1 atom stereocenters. The maximum atomic E-state index is 9.34. The average Bonchev–Trinajstić information content (AvgIpc) is 2.94. The molecule has 0 bridgehead atoms. The van der Waals surface area contributed by atoms with Crippen LogP contribution in [0.15, 0.2) is 30.6 Å². The summed E-state index contributed by atoms with van der Waals surface area (Å²) >= 11 is 6.33. The van der Waals surface area contributed by atoms with Gasteiger partial charge >= 0.3 is 0 Å². The van der Waals surface area contributed by atoms with E-state index in [4.69, 9.17) is 16.3 Å². The minimum absolute atomic E-state index is 0.474. The van der Waals surface area contributed by atoms with Crippen LogP contribution in [0, 0.1) is 11.3 Å². The molecule has 1 aliphatic rings. The highest BCUT2D eigenvalue weighted by Crippen LogP contribution is 2.36. The Bertz CT molecular complexity index is 736. The van der Waals surface area contributed by atoms with Crippen LogP contribution in [0.5, 0.6) is 0 Å². The lowest BCUT2D eigenvalue weighted by Gasteiger charge is -2.41. The van der Waals surface area contributed by atoms with E-state index in [1.165, 1.54) is 0 Å². The Labute approximate surface area is 134 Å². The Morgan fingerprint density at radius 3 is 2.95 bits per heavy atom. The molecule has 0 radical (unpaired) electrons. The maximum Gasteiger partial charge on any atom is 0.111 e. The number of hydrogen-bond donors (Lipinski definition) is 0. The van der Waals surface area contributed by atoms with Crippen LogP contribution in [-0.2, 0) is 17.4 Å². The van der Waals surface area contributed by atoms with Gasteiger partial charge in [-0.15, -0.1) is 0 Å². The molecule has 2 aromatic rings. The first kappa shape index (κ1) is 14.9. The Morgan fingerprint density at radius 1 is 1.45 bits per heavy atom. The van der Waals surface area contributed by atoms with Crippen LogP contribution >= 0.6 is 11.6 Å². The van der Waals surface area contributed by atoms with Gasteiger partial charge in [0.05, 0.1) is 35.6 Å². The third-order valence-electron chi connectivity index (χ3n) is 4.01. The quantitative estimate of drug-likeness (QED) is 0.855. The molecule has 1 aromatic carbocycles. The number of anilines is 1. The lowest BCUT2D eigenvalue weighted by atomic mass is 9.96. The smallest absolute Gasteiger partial charge is 0.111 e. The highest BCUT2D eigenvalue weighted by atomic mass is 35.5. The lowest BCUT2D eigenvalue weighted by molar-refractivity contribution is -0.0466. The zero-order valence-electron chi connectivity index (χ0n) is 12.6. The molecule has 0 aliphatic carbocycles. The molecule has 2 heterocycles. The fourth-order valence-corrected chi connectivity index (χ4v) is 3.15. The second kappa shape index (κ2) is 5.64. The Kier molecular flexibility index (Phi) is 3.81. The molecule has 1 unspecified atom stereocenters. The number of ether oxygens (including phenoxy) is 1. The van der Waals surface area contributed by atoms with Crippen LogP contribution in [0.1, 0.15) is 18.1 Å². The molecular weight excluding hydrogens is 300 g/mol. The highest BCUT2D eigenvalue weighted by molar-refractivity contribution is 6.33. The molecule has 1 fully saturated rings. The predicted molar refractivity (Wildman–Crippen MR) is 84.9 cm³/mol. The van der Waals surface area contributed by atoms with Crippen molar-refractivity contribution in [3.8, 4) is 6.07 Å². The van der Waals surface area contributed by atoms with E-state index in [2.05, 4.69) is 16.1 Å². The summed E-state index contributed by atoms with van der Waals surface area (Å²) < 4.78 is 7.77. The molecule has 0 spiro atoms. The average molecular weight is 317 g/mol. The third kappa shape index (κ3) is 2.56. The molecule has 0 saturated carbocycles. The topological polar surface area (TPSA) is 54.1 Å². The van der Waals surface area contributed by atoms with Crippen LogP contribution in [0.4, 0.5) is 5.69 Å². The second-order valence-corrected chi connectivity index (χ2v) is 6.06. The van der Waals surface area contributed by atoms with Crippen molar-refractivity contribution >= 4 is 17.3 Å². The molecule has 1 saturated heterocycles. The van der Waals surface area contributed by atoms with Crippen molar-refractivity contribution in [1.82, 2.24) is 9.78 Å². The Hall–Kier alpha value is -2.03. The van der Waals surface area contributed by atoms with Gasteiger partial charge in [-0.05, 0) is 19.1 Å². The summed E-state index contributed by atoms with van der Waals surface area (Å²) in [6.45, 7) is 3.94. The standard InChI is InChI=1S/C16H17ClN4O/c1-16(13-9-19-20(2)10-13)11-21(6-7-22-16)15-12(8-18)4-3-5-14(15)17/h3-5,9-10H,6-7,11H2,1-2H3. The van der Waals surface area contributed by atoms with E-state index in [0.717, 1.165) is 11.3 Å². The number of hydrogen-bond acceptors (Lipinski definition) is 4. The molecule has 1 aliphatic heterocycles. The first-order chi connectivity index (χ1) is 10.5. The van der Waals surface area contributed by atoms with Crippen molar-refractivity contribution in [2.45, 2.75) is 12.5 Å². The summed E-state index contributed by atoms with van der Waals surface area (Å²) in [5.41, 5.74) is 1.91. The third-order valence-corrected chi connectivity index (χ3v) is 4.32. The van der Waals surface area contributed by atoms with Gasteiger partial charge < -0.3 is 9.64 Å². The van der Waals surface area contributed by atoms with E-state index in [-0.39, 0.29) is 0 Å². The fourth-order valence-electron chi connectivity index (χ4n) is 2.86. The van der Waals surface area contributed by atoms with Crippen molar-refractivity contribution in [3.05, 3.63) is 46.7 Å². The van der Waals surface area contributed by atoms with Crippen LogP contribution in [0.3, 0.4) is 0 Å². The number of rotatable bonds is 2. The maximum absolute atomic E-state index is 9.34. The fraction of sp³-hybridized carbons (Fsp3) is 0.375. The van der Waals surface area contributed by atoms with E-state index < -0.39 is 5.60 Å². The molecule has 3 rings (SSSR count). The summed E-state index contributed by atoms with van der Waals surface area (Å²) in [6, 6.07) is 7.62. The second-order valence-electron chi connectivity index (χ2n) is 5.65. The molecule has 1 aromatic heterocycles. The number of benzene rings is 1. The summed E-state index contributed by atoms with van der Waals surface area (Å²) in [4.78, 5) is 2.12. The number of aryl methyl sites for hydroxylation is 1. The highest BCUT2D eigenvalue weighted by Gasteiger charge is 2.36. The van der Waals surface area contributed by atoms with E-state index in [1.54, 1.807) is 16.8 Å². The van der Waals surface area contributed by atoms with Crippen LogP contribution in [0.25, 0.3) is 0 Å². The van der Waals surface area contributed by atoms with Gasteiger partial charge in [0.15, 0.2) is 0 Å². The summed E-state index contributed by atoms with van der Waals surface area (Å²) in [5, 5.41) is 14.2. The first-order valence-electron chi connectivity index (χ1n) is 7.10. The summed E-state index contributed by atoms with van der Waals surface area (Å²) in [5.74, 6) is 0. The van der Waals surface area contributed by atoms with Crippen molar-refractivity contribution in [1.29, 1.82) is 5.26 Å². The Balaban J connectivity index is 1.96. The van der Waals surface area contributed by atoms with Gasteiger partial charge in [0, 0.05) is 25.4 Å². The monoisotopic (exact) mass is 316 g/mol. The van der Waals surface area contributed by atoms with Crippen molar-refractivity contribution in [2.75, 3.05) is 24.6 Å². The SMILES string of the molecule is Cn1cc(C2(C)CN(c3c(Cl)cccc3C#N)CCO2)cn1. The van der Waals surface area contributed by atoms with Crippen molar-refractivity contribution in [3.63, 3.8) is 0 Å². The van der Waals surface area contributed by atoms with Gasteiger partial charge in [-0.3, -0.25) is 4.68 Å². The molecular formula is C16H17ClN4O. The number of morpholine rings is 1. The Morgan fingerprint density at radius 2 is 2.27 bits per heavy atom. The molecule has 0 N–H and O–H groups in total. The van der Waals surface area contributed by atoms with Gasteiger partial charge in [-0.2, -0.15) is 10.4 Å². The molecule has 6 heteroatoms. The van der Waals surface area contributed by atoms with E-state index in [1.807, 2.05) is 32.4 Å². The normalized spacial score (nSPS) is 21.6. The largest absolute Gasteiger partial charge is 0.367 e. The number of nitriles is 1. The number of nitrogens with zero attached hydrogens (tertiary/aromatic N) is 4. The van der Waals surface area contributed by atoms with Crippen LogP contribution < -0.4 is 4.90 Å². The lowest BCUT2D eigenvalue weighted by Crippen LogP contribution is -2.48. The number of aromatic nitrogens is 2. The van der Waals surface area contributed by atoms with Crippen molar-refractivity contribution in [2.24, 2.45) is 7.05 Å². The minimum atomic E-state index is -0.474. The first-order valence-corrected chi connectivity index (χ1v) is 7.48. The van der Waals surface area contributed by atoms with Gasteiger partial charge in [0.25, 0.3) is 0 Å². The van der Waals surface area contributed by atoms with E-state index >= 15 is 0 Å². The van der Waals surface area contributed by atoms with Crippen LogP contribution in [0.2, 0.25) is 5.02 Å². The van der Waals surface area contributed by atoms with Gasteiger partial charge in [0.1, 0.15) is 11.7 Å².